The molecular weight excluding hydrogens is 412 g/mol. The third kappa shape index (κ3) is 6.00. The summed E-state index contributed by atoms with van der Waals surface area (Å²) in [5.41, 5.74) is 5.10. The Kier molecular flexibility index (Phi) is 7.95. The van der Waals surface area contributed by atoms with Gasteiger partial charge < -0.3 is 0 Å². The number of nitrogens with zero attached hydrogens (tertiary/aromatic N) is 3. The minimum absolute atomic E-state index is 0.116. The quantitative estimate of drug-likeness (QED) is 0.637. The zero-order chi connectivity index (χ0) is 22.3. The van der Waals surface area contributed by atoms with Crippen LogP contribution in [0.25, 0.3) is 0 Å². The van der Waals surface area contributed by atoms with E-state index in [0.717, 1.165) is 38.2 Å². The summed E-state index contributed by atoms with van der Waals surface area (Å²) in [6.07, 6.45) is 1.59. The summed E-state index contributed by atoms with van der Waals surface area (Å²) in [5.74, 6) is -0.407. The topological polar surface area (TPSA) is 82.1 Å². The first-order valence-corrected chi connectivity index (χ1v) is 12.1. The smallest absolute Gasteiger partial charge is 0.271 e. The molecule has 3 rings (SSSR count). The van der Waals surface area contributed by atoms with E-state index in [1.165, 1.54) is 22.0 Å². The number of sulfonamides is 1. The molecule has 1 aliphatic rings. The fourth-order valence-electron chi connectivity index (χ4n) is 3.63. The van der Waals surface area contributed by atoms with Crippen molar-refractivity contribution < 1.29 is 13.2 Å². The van der Waals surface area contributed by atoms with Gasteiger partial charge in [-0.25, -0.2) is 13.8 Å². The van der Waals surface area contributed by atoms with Crippen molar-refractivity contribution in [3.8, 4) is 0 Å². The van der Waals surface area contributed by atoms with Crippen LogP contribution in [0.4, 0.5) is 0 Å². The summed E-state index contributed by atoms with van der Waals surface area (Å²) in [4.78, 5) is 15.0. The second-order valence-electron chi connectivity index (χ2n) is 7.50. The van der Waals surface area contributed by atoms with Gasteiger partial charge in [0.05, 0.1) is 4.90 Å². The molecule has 0 unspecified atom stereocenters. The Morgan fingerprint density at radius 3 is 2.35 bits per heavy atom. The van der Waals surface area contributed by atoms with E-state index in [1.54, 1.807) is 26.0 Å². The zero-order valence-electron chi connectivity index (χ0n) is 18.1. The maximum atomic E-state index is 12.7. The minimum Gasteiger partial charge on any atom is -0.298 e. The molecule has 0 aliphatic carbocycles. The van der Waals surface area contributed by atoms with Gasteiger partial charge in [0.15, 0.2) is 0 Å². The van der Waals surface area contributed by atoms with Crippen molar-refractivity contribution >= 4 is 21.6 Å². The van der Waals surface area contributed by atoms with Crippen molar-refractivity contribution in [2.45, 2.75) is 38.1 Å². The largest absolute Gasteiger partial charge is 0.298 e. The van der Waals surface area contributed by atoms with Gasteiger partial charge in [-0.1, -0.05) is 50.2 Å². The number of rotatable bonds is 8. The number of carbonyl (C=O) groups is 1. The number of amides is 1. The van der Waals surface area contributed by atoms with E-state index in [9.17, 15) is 13.2 Å². The molecule has 2 aromatic carbocycles. The highest BCUT2D eigenvalue weighted by Gasteiger charge is 2.22. The van der Waals surface area contributed by atoms with Crippen LogP contribution < -0.4 is 5.43 Å². The molecule has 0 radical (unpaired) electrons. The van der Waals surface area contributed by atoms with E-state index in [-0.39, 0.29) is 10.5 Å². The number of nitrogens with one attached hydrogen (secondary N) is 1. The van der Waals surface area contributed by atoms with Gasteiger partial charge in [0.25, 0.3) is 5.91 Å². The molecule has 1 heterocycles. The van der Waals surface area contributed by atoms with Crippen molar-refractivity contribution in [2.75, 3.05) is 26.2 Å². The normalized spacial score (nSPS) is 15.1. The molecule has 0 spiro atoms. The molecule has 1 N–H and O–H groups in total. The van der Waals surface area contributed by atoms with Crippen LogP contribution in [0.1, 0.15) is 42.6 Å². The minimum atomic E-state index is -3.61. The predicted molar refractivity (Wildman–Crippen MR) is 122 cm³/mol. The molecule has 0 saturated carbocycles. The number of hydrazone groups is 1. The molecule has 0 atom stereocenters. The third-order valence-electron chi connectivity index (χ3n) is 5.44. The molecular formula is C23H30N4O3S. The fraction of sp³-hybridized carbons (Fsp3) is 0.391. The summed E-state index contributed by atoms with van der Waals surface area (Å²) in [6.45, 7) is 7.03. The first-order chi connectivity index (χ1) is 14.9. The van der Waals surface area contributed by atoms with Crippen LogP contribution in [0.5, 0.6) is 0 Å². The molecule has 1 fully saturated rings. The number of carbonyl (C=O) groups excluding carboxylic acids is 1. The van der Waals surface area contributed by atoms with Crippen molar-refractivity contribution in [3.05, 3.63) is 65.7 Å². The van der Waals surface area contributed by atoms with Gasteiger partial charge in [0.2, 0.25) is 10.0 Å². The number of benzene rings is 2. The van der Waals surface area contributed by atoms with Gasteiger partial charge in [0, 0.05) is 56.8 Å². The molecule has 1 aliphatic heterocycles. The molecule has 8 heteroatoms. The maximum absolute atomic E-state index is 12.7. The molecule has 0 aromatic heterocycles. The molecule has 166 valence electrons. The van der Waals surface area contributed by atoms with E-state index < -0.39 is 15.9 Å². The van der Waals surface area contributed by atoms with Crippen LogP contribution in [-0.2, 0) is 16.6 Å². The standard InChI is InChI=1S/C23H30N4O3S/c1-3-27(4-2)31(29,30)22-12-8-11-20(17-22)23(28)25-24-21-13-15-26(16-14-21)18-19-9-6-5-7-10-19/h5-12,17H,3-4,13-16,18H2,1-2H3,(H,25,28). The average molecular weight is 443 g/mol. The highest BCUT2D eigenvalue weighted by Crippen LogP contribution is 2.17. The number of likely N-dealkylation sites (tertiary alicyclic amines) is 1. The van der Waals surface area contributed by atoms with E-state index in [4.69, 9.17) is 0 Å². The van der Waals surface area contributed by atoms with Crippen molar-refractivity contribution in [1.82, 2.24) is 14.6 Å². The Hall–Kier alpha value is -2.55. The van der Waals surface area contributed by atoms with Crippen LogP contribution in [0.2, 0.25) is 0 Å². The fourth-order valence-corrected chi connectivity index (χ4v) is 5.13. The van der Waals surface area contributed by atoms with Crippen molar-refractivity contribution in [3.63, 3.8) is 0 Å². The summed E-state index contributed by atoms with van der Waals surface area (Å²) >= 11 is 0. The summed E-state index contributed by atoms with van der Waals surface area (Å²) in [7, 11) is -3.61. The lowest BCUT2D eigenvalue weighted by molar-refractivity contribution is 0.0954. The first-order valence-electron chi connectivity index (χ1n) is 10.7. The van der Waals surface area contributed by atoms with Crippen LogP contribution >= 0.6 is 0 Å². The van der Waals surface area contributed by atoms with Crippen LogP contribution in [0.3, 0.4) is 0 Å². The van der Waals surface area contributed by atoms with Crippen molar-refractivity contribution in [2.24, 2.45) is 5.10 Å². The maximum Gasteiger partial charge on any atom is 0.271 e. The van der Waals surface area contributed by atoms with Gasteiger partial charge >= 0.3 is 0 Å². The van der Waals surface area contributed by atoms with E-state index in [2.05, 4.69) is 27.6 Å². The predicted octanol–water partition coefficient (Wildman–Crippen LogP) is 3.10. The number of hydrogen-bond donors (Lipinski definition) is 1. The Balaban J connectivity index is 1.58. The van der Waals surface area contributed by atoms with Gasteiger partial charge in [-0.3, -0.25) is 9.69 Å². The molecule has 2 aromatic rings. The Morgan fingerprint density at radius 2 is 1.71 bits per heavy atom. The van der Waals surface area contributed by atoms with Crippen LogP contribution in [-0.4, -0.2) is 55.4 Å². The highest BCUT2D eigenvalue weighted by molar-refractivity contribution is 7.89. The highest BCUT2D eigenvalue weighted by atomic mass is 32.2. The van der Waals surface area contributed by atoms with E-state index in [1.807, 2.05) is 18.2 Å². The number of piperidine rings is 1. The van der Waals surface area contributed by atoms with Crippen LogP contribution in [0, 0.1) is 0 Å². The van der Waals surface area contributed by atoms with Gasteiger partial charge in [-0.2, -0.15) is 9.41 Å². The molecule has 31 heavy (non-hydrogen) atoms. The SMILES string of the molecule is CCN(CC)S(=O)(=O)c1cccc(C(=O)NN=C2CCN(Cc3ccccc3)CC2)c1. The lowest BCUT2D eigenvalue weighted by Gasteiger charge is -2.27. The molecule has 0 bridgehead atoms. The Bertz CT molecular complexity index is 1010. The Labute approximate surface area is 184 Å². The monoisotopic (exact) mass is 442 g/mol. The third-order valence-corrected chi connectivity index (χ3v) is 7.48. The summed E-state index contributed by atoms with van der Waals surface area (Å²) < 4.78 is 26.8. The lowest BCUT2D eigenvalue weighted by Crippen LogP contribution is -2.34. The van der Waals surface area contributed by atoms with Gasteiger partial charge in [-0.05, 0) is 23.8 Å². The second kappa shape index (κ2) is 10.7. The summed E-state index contributed by atoms with van der Waals surface area (Å²) in [5, 5.41) is 4.29. The second-order valence-corrected chi connectivity index (χ2v) is 9.44. The summed E-state index contributed by atoms with van der Waals surface area (Å²) in [6, 6.07) is 16.5. The molecule has 1 saturated heterocycles. The van der Waals surface area contributed by atoms with E-state index in [0.29, 0.717) is 13.1 Å². The molecule has 7 nitrogen and oxygen atoms in total. The number of hydrogen-bond acceptors (Lipinski definition) is 5. The first kappa shape index (κ1) is 23.1. The van der Waals surface area contributed by atoms with E-state index >= 15 is 0 Å². The molecule has 1 amide bonds. The zero-order valence-corrected chi connectivity index (χ0v) is 18.9. The lowest BCUT2D eigenvalue weighted by atomic mass is 10.1. The van der Waals surface area contributed by atoms with Gasteiger partial charge in [-0.15, -0.1) is 0 Å². The average Bonchev–Trinajstić information content (AvgIpc) is 2.80. The van der Waals surface area contributed by atoms with Gasteiger partial charge in [0.1, 0.15) is 0 Å². The Morgan fingerprint density at radius 1 is 1.03 bits per heavy atom. The van der Waals surface area contributed by atoms with Crippen molar-refractivity contribution in [1.29, 1.82) is 0 Å². The van der Waals surface area contributed by atoms with Crippen LogP contribution in [0.15, 0.2) is 64.6 Å².